The molecule has 0 aromatic carbocycles. The maximum atomic E-state index is 8.97. The van der Waals surface area contributed by atoms with Crippen LogP contribution in [0.5, 0.6) is 0 Å². The standard InChI is InChI=1S/C7H15O/c1-4-7(5-2)6(3)8/h6-8H,1,4-5H2,2-3H3. The second kappa shape index (κ2) is 3.90. The Morgan fingerprint density at radius 1 is 1.62 bits per heavy atom. The van der Waals surface area contributed by atoms with Crippen molar-refractivity contribution >= 4 is 0 Å². The van der Waals surface area contributed by atoms with Gasteiger partial charge in [0.15, 0.2) is 0 Å². The zero-order valence-corrected chi connectivity index (χ0v) is 5.72. The van der Waals surface area contributed by atoms with E-state index < -0.39 is 0 Å². The Hall–Kier alpha value is -0.0400. The van der Waals surface area contributed by atoms with E-state index in [-0.39, 0.29) is 6.10 Å². The fourth-order valence-corrected chi connectivity index (χ4v) is 0.786. The summed E-state index contributed by atoms with van der Waals surface area (Å²) in [5, 5.41) is 8.97. The van der Waals surface area contributed by atoms with Crippen LogP contribution in [0.4, 0.5) is 0 Å². The lowest BCUT2D eigenvalue weighted by Crippen LogP contribution is -2.14. The Balaban J connectivity index is 3.35. The summed E-state index contributed by atoms with van der Waals surface area (Å²) in [6.45, 7) is 7.61. The van der Waals surface area contributed by atoms with Gasteiger partial charge in [-0.1, -0.05) is 20.3 Å². The Kier molecular flexibility index (Phi) is 3.88. The minimum atomic E-state index is -0.183. The monoisotopic (exact) mass is 115 g/mol. The fraction of sp³-hybridized carbons (Fsp3) is 0.857. The first-order valence-electron chi connectivity index (χ1n) is 3.19. The maximum absolute atomic E-state index is 8.97. The third-order valence-electron chi connectivity index (χ3n) is 1.58. The molecule has 0 aliphatic rings. The summed E-state index contributed by atoms with van der Waals surface area (Å²) in [6.07, 6.45) is 1.69. The highest BCUT2D eigenvalue weighted by molar-refractivity contribution is 4.63. The van der Waals surface area contributed by atoms with Gasteiger partial charge in [-0.3, -0.25) is 0 Å². The highest BCUT2D eigenvalue weighted by atomic mass is 16.3. The molecule has 1 radical (unpaired) electrons. The molecule has 0 rings (SSSR count). The van der Waals surface area contributed by atoms with Crippen LogP contribution in [-0.2, 0) is 0 Å². The zero-order valence-electron chi connectivity index (χ0n) is 5.72. The van der Waals surface area contributed by atoms with Crippen molar-refractivity contribution < 1.29 is 5.11 Å². The molecule has 0 saturated heterocycles. The van der Waals surface area contributed by atoms with Crippen molar-refractivity contribution in [3.8, 4) is 0 Å². The first-order chi connectivity index (χ1) is 3.72. The molecule has 2 atom stereocenters. The maximum Gasteiger partial charge on any atom is 0.0540 e. The van der Waals surface area contributed by atoms with Crippen LogP contribution in [0.1, 0.15) is 26.7 Å². The Bertz CT molecular complexity index is 46.3. The molecule has 2 unspecified atom stereocenters. The molecule has 0 aromatic heterocycles. The van der Waals surface area contributed by atoms with Gasteiger partial charge >= 0.3 is 0 Å². The molecule has 0 bridgehead atoms. The van der Waals surface area contributed by atoms with E-state index in [1.807, 2.05) is 6.92 Å². The van der Waals surface area contributed by atoms with Crippen LogP contribution in [-0.4, -0.2) is 11.2 Å². The van der Waals surface area contributed by atoms with Crippen molar-refractivity contribution in [1.29, 1.82) is 0 Å². The van der Waals surface area contributed by atoms with Gasteiger partial charge in [0.05, 0.1) is 6.10 Å². The Labute approximate surface area is 51.7 Å². The molecule has 0 aliphatic heterocycles. The minimum absolute atomic E-state index is 0.183. The van der Waals surface area contributed by atoms with Gasteiger partial charge in [0, 0.05) is 0 Å². The lowest BCUT2D eigenvalue weighted by Gasteiger charge is -2.14. The fourth-order valence-electron chi connectivity index (χ4n) is 0.786. The van der Waals surface area contributed by atoms with Gasteiger partial charge in [0.1, 0.15) is 0 Å². The smallest absolute Gasteiger partial charge is 0.0540 e. The van der Waals surface area contributed by atoms with Crippen LogP contribution in [0.3, 0.4) is 0 Å². The van der Waals surface area contributed by atoms with Crippen LogP contribution < -0.4 is 0 Å². The van der Waals surface area contributed by atoms with Gasteiger partial charge in [-0.25, -0.2) is 0 Å². The highest BCUT2D eigenvalue weighted by Crippen LogP contribution is 2.11. The lowest BCUT2D eigenvalue weighted by molar-refractivity contribution is 0.124. The topological polar surface area (TPSA) is 20.2 Å². The van der Waals surface area contributed by atoms with Crippen LogP contribution in [0.2, 0.25) is 0 Å². The van der Waals surface area contributed by atoms with E-state index in [0.717, 1.165) is 12.8 Å². The molecule has 1 N–H and O–H groups in total. The van der Waals surface area contributed by atoms with Crippen LogP contribution in [0.15, 0.2) is 0 Å². The molecule has 1 nitrogen and oxygen atoms in total. The van der Waals surface area contributed by atoms with E-state index in [1.165, 1.54) is 0 Å². The first kappa shape index (κ1) is 7.96. The summed E-state index contributed by atoms with van der Waals surface area (Å²) in [5.41, 5.74) is 0. The van der Waals surface area contributed by atoms with E-state index in [0.29, 0.717) is 5.92 Å². The van der Waals surface area contributed by atoms with Crippen LogP contribution in [0, 0.1) is 12.8 Å². The third-order valence-corrected chi connectivity index (χ3v) is 1.58. The summed E-state index contributed by atoms with van der Waals surface area (Å²) in [7, 11) is 0. The summed E-state index contributed by atoms with van der Waals surface area (Å²) in [6, 6.07) is 0. The number of hydrogen-bond acceptors (Lipinski definition) is 1. The molecule has 49 valence electrons. The average Bonchev–Trinajstić information content (AvgIpc) is 1.69. The van der Waals surface area contributed by atoms with Gasteiger partial charge in [-0.05, 0) is 19.3 Å². The van der Waals surface area contributed by atoms with Gasteiger partial charge in [-0.2, -0.15) is 0 Å². The quantitative estimate of drug-likeness (QED) is 0.592. The van der Waals surface area contributed by atoms with Crippen molar-refractivity contribution in [3.63, 3.8) is 0 Å². The molecule has 8 heavy (non-hydrogen) atoms. The second-order valence-corrected chi connectivity index (χ2v) is 2.20. The van der Waals surface area contributed by atoms with E-state index >= 15 is 0 Å². The molecule has 0 spiro atoms. The molecule has 0 aliphatic carbocycles. The van der Waals surface area contributed by atoms with Gasteiger partial charge < -0.3 is 5.11 Å². The third kappa shape index (κ3) is 2.31. The first-order valence-corrected chi connectivity index (χ1v) is 3.19. The summed E-state index contributed by atoms with van der Waals surface area (Å²) in [5.74, 6) is 0.398. The van der Waals surface area contributed by atoms with Crippen molar-refractivity contribution in [2.24, 2.45) is 5.92 Å². The molecular formula is C7H15O. The zero-order chi connectivity index (χ0) is 6.57. The largest absolute Gasteiger partial charge is 0.393 e. The Morgan fingerprint density at radius 2 is 2.12 bits per heavy atom. The molecule has 1 heteroatoms. The van der Waals surface area contributed by atoms with Gasteiger partial charge in [-0.15, -0.1) is 0 Å². The highest BCUT2D eigenvalue weighted by Gasteiger charge is 2.08. The second-order valence-electron chi connectivity index (χ2n) is 2.20. The molecule has 0 heterocycles. The number of aliphatic hydroxyl groups excluding tert-OH is 1. The minimum Gasteiger partial charge on any atom is -0.393 e. The molecule has 0 fully saturated rings. The summed E-state index contributed by atoms with van der Waals surface area (Å²) >= 11 is 0. The van der Waals surface area contributed by atoms with Crippen LogP contribution in [0.25, 0.3) is 0 Å². The summed E-state index contributed by atoms with van der Waals surface area (Å²) < 4.78 is 0. The molecule has 0 aromatic rings. The number of rotatable bonds is 3. The normalized spacial score (nSPS) is 14.6. The predicted molar refractivity (Wildman–Crippen MR) is 35.4 cm³/mol. The van der Waals surface area contributed by atoms with Gasteiger partial charge in [0.25, 0.3) is 0 Å². The lowest BCUT2D eigenvalue weighted by atomic mass is 9.98. The van der Waals surface area contributed by atoms with Crippen molar-refractivity contribution in [2.45, 2.75) is 32.8 Å². The van der Waals surface area contributed by atoms with E-state index in [4.69, 9.17) is 5.11 Å². The van der Waals surface area contributed by atoms with Crippen molar-refractivity contribution in [2.75, 3.05) is 0 Å². The Morgan fingerprint density at radius 3 is 2.12 bits per heavy atom. The number of aliphatic hydroxyl groups is 1. The molecule has 0 saturated carbocycles. The van der Waals surface area contributed by atoms with E-state index in [1.54, 1.807) is 0 Å². The number of hydrogen-bond donors (Lipinski definition) is 1. The van der Waals surface area contributed by atoms with E-state index in [9.17, 15) is 0 Å². The van der Waals surface area contributed by atoms with Crippen LogP contribution >= 0.6 is 0 Å². The van der Waals surface area contributed by atoms with E-state index in [2.05, 4.69) is 13.8 Å². The SMILES string of the molecule is [CH2]CC(CC)C(C)O. The predicted octanol–water partition coefficient (Wildman–Crippen LogP) is 1.62. The summed E-state index contributed by atoms with van der Waals surface area (Å²) in [4.78, 5) is 0. The van der Waals surface area contributed by atoms with Crippen molar-refractivity contribution in [3.05, 3.63) is 6.92 Å². The average molecular weight is 115 g/mol. The van der Waals surface area contributed by atoms with Gasteiger partial charge in [0.2, 0.25) is 0 Å². The molecular weight excluding hydrogens is 100 g/mol. The van der Waals surface area contributed by atoms with Crippen molar-refractivity contribution in [1.82, 2.24) is 0 Å². The molecule has 0 amide bonds.